The van der Waals surface area contributed by atoms with Crippen LogP contribution >= 0.6 is 0 Å². The highest BCUT2D eigenvalue weighted by Gasteiger charge is 2.48. The number of hydrogen-bond acceptors (Lipinski definition) is 3. The van der Waals surface area contributed by atoms with Crippen molar-refractivity contribution in [2.45, 2.75) is 32.2 Å². The molecule has 0 saturated heterocycles. The van der Waals surface area contributed by atoms with Gasteiger partial charge in [0.2, 0.25) is 5.91 Å². The molecular weight excluding hydrogens is 194 g/mol. The Kier molecular flexibility index (Phi) is 2.67. The first-order chi connectivity index (χ1) is 7.11. The highest BCUT2D eigenvalue weighted by atomic mass is 16.5. The van der Waals surface area contributed by atoms with Crippen molar-refractivity contribution in [3.05, 3.63) is 0 Å². The molecule has 15 heavy (non-hydrogen) atoms. The van der Waals surface area contributed by atoms with Gasteiger partial charge >= 0.3 is 5.97 Å². The Hall–Kier alpha value is -1.06. The summed E-state index contributed by atoms with van der Waals surface area (Å²) in [5, 5.41) is 2.70. The van der Waals surface area contributed by atoms with Gasteiger partial charge in [-0.15, -0.1) is 0 Å². The SMILES string of the molecule is COC(=O)C(C)NC(=O)C1CC2CC2C1. The number of carbonyl (C=O) groups excluding carboxylic acids is 2. The summed E-state index contributed by atoms with van der Waals surface area (Å²) in [7, 11) is 1.33. The summed E-state index contributed by atoms with van der Waals surface area (Å²) < 4.78 is 4.55. The molecule has 4 heteroatoms. The van der Waals surface area contributed by atoms with Crippen molar-refractivity contribution in [1.29, 1.82) is 0 Å². The van der Waals surface area contributed by atoms with Crippen LogP contribution in [0.3, 0.4) is 0 Å². The highest BCUT2D eigenvalue weighted by molar-refractivity contribution is 5.85. The largest absolute Gasteiger partial charge is 0.467 e. The van der Waals surface area contributed by atoms with Gasteiger partial charge in [-0.3, -0.25) is 4.79 Å². The molecule has 1 N–H and O–H groups in total. The van der Waals surface area contributed by atoms with E-state index in [1.165, 1.54) is 13.5 Å². The van der Waals surface area contributed by atoms with E-state index in [4.69, 9.17) is 0 Å². The number of rotatable bonds is 3. The average molecular weight is 211 g/mol. The van der Waals surface area contributed by atoms with Gasteiger partial charge in [-0.2, -0.15) is 0 Å². The summed E-state index contributed by atoms with van der Waals surface area (Å²) in [5.41, 5.74) is 0. The standard InChI is InChI=1S/C11H17NO3/c1-6(11(14)15-2)12-10(13)9-4-7-3-8(7)5-9/h6-9H,3-5H2,1-2H3,(H,12,13). The molecule has 3 unspecified atom stereocenters. The summed E-state index contributed by atoms with van der Waals surface area (Å²) in [6.07, 6.45) is 3.31. The molecule has 1 amide bonds. The van der Waals surface area contributed by atoms with E-state index in [1.54, 1.807) is 6.92 Å². The minimum Gasteiger partial charge on any atom is -0.467 e. The molecule has 84 valence electrons. The summed E-state index contributed by atoms with van der Waals surface area (Å²) in [6.45, 7) is 1.65. The number of nitrogens with one attached hydrogen (secondary N) is 1. The molecule has 2 saturated carbocycles. The van der Waals surface area contributed by atoms with Crippen molar-refractivity contribution < 1.29 is 14.3 Å². The Labute approximate surface area is 89.4 Å². The third kappa shape index (κ3) is 2.13. The molecule has 0 heterocycles. The minimum absolute atomic E-state index is 0.0140. The number of fused-ring (bicyclic) bond motifs is 1. The fraction of sp³-hybridized carbons (Fsp3) is 0.818. The molecule has 0 bridgehead atoms. The lowest BCUT2D eigenvalue weighted by atomic mass is 10.0. The Morgan fingerprint density at radius 3 is 2.40 bits per heavy atom. The van der Waals surface area contributed by atoms with Crippen molar-refractivity contribution in [2.24, 2.45) is 17.8 Å². The molecule has 2 aliphatic rings. The zero-order valence-corrected chi connectivity index (χ0v) is 9.16. The lowest BCUT2D eigenvalue weighted by Gasteiger charge is -2.16. The number of esters is 1. The molecule has 2 rings (SSSR count). The lowest BCUT2D eigenvalue weighted by Crippen LogP contribution is -2.42. The van der Waals surface area contributed by atoms with E-state index in [0.29, 0.717) is 0 Å². The van der Waals surface area contributed by atoms with Crippen LogP contribution in [-0.4, -0.2) is 25.0 Å². The predicted octanol–water partition coefficient (Wildman–Crippen LogP) is 0.710. The van der Waals surface area contributed by atoms with E-state index in [1.807, 2.05) is 0 Å². The predicted molar refractivity (Wildman–Crippen MR) is 53.9 cm³/mol. The Morgan fingerprint density at radius 1 is 1.27 bits per heavy atom. The van der Waals surface area contributed by atoms with E-state index in [9.17, 15) is 9.59 Å². The Balaban J connectivity index is 1.79. The highest BCUT2D eigenvalue weighted by Crippen LogP contribution is 2.54. The maximum absolute atomic E-state index is 11.7. The quantitative estimate of drug-likeness (QED) is 0.699. The maximum atomic E-state index is 11.7. The normalized spacial score (nSPS) is 34.1. The van der Waals surface area contributed by atoms with Crippen LogP contribution in [0.1, 0.15) is 26.2 Å². The zero-order valence-electron chi connectivity index (χ0n) is 9.16. The first kappa shape index (κ1) is 10.5. The third-order valence-electron chi connectivity index (χ3n) is 3.53. The number of methoxy groups -OCH3 is 1. The van der Waals surface area contributed by atoms with E-state index < -0.39 is 6.04 Å². The van der Waals surface area contributed by atoms with Gasteiger partial charge in [0.05, 0.1) is 7.11 Å². The van der Waals surface area contributed by atoms with Crippen LogP contribution in [0.25, 0.3) is 0 Å². The molecule has 4 nitrogen and oxygen atoms in total. The summed E-state index contributed by atoms with van der Waals surface area (Å²) in [5.74, 6) is 1.33. The number of carbonyl (C=O) groups is 2. The second kappa shape index (κ2) is 3.83. The van der Waals surface area contributed by atoms with Gasteiger partial charge in [-0.25, -0.2) is 4.79 Å². The Morgan fingerprint density at radius 2 is 1.87 bits per heavy atom. The molecule has 3 atom stereocenters. The smallest absolute Gasteiger partial charge is 0.328 e. The zero-order chi connectivity index (χ0) is 11.0. The molecule has 0 aromatic heterocycles. The first-order valence-corrected chi connectivity index (χ1v) is 5.50. The van der Waals surface area contributed by atoms with E-state index in [0.717, 1.165) is 24.7 Å². The van der Waals surface area contributed by atoms with Gasteiger partial charge in [0, 0.05) is 5.92 Å². The van der Waals surface area contributed by atoms with E-state index >= 15 is 0 Å². The van der Waals surface area contributed by atoms with Gasteiger partial charge in [0.25, 0.3) is 0 Å². The van der Waals surface area contributed by atoms with Gasteiger partial charge in [0.15, 0.2) is 0 Å². The van der Waals surface area contributed by atoms with Crippen LogP contribution in [-0.2, 0) is 14.3 Å². The van der Waals surface area contributed by atoms with Crippen LogP contribution < -0.4 is 5.32 Å². The number of amides is 1. The molecule has 0 aromatic carbocycles. The van der Waals surface area contributed by atoms with Crippen molar-refractivity contribution in [3.63, 3.8) is 0 Å². The second-order valence-corrected chi connectivity index (χ2v) is 4.68. The van der Waals surface area contributed by atoms with Crippen molar-refractivity contribution >= 4 is 11.9 Å². The summed E-state index contributed by atoms with van der Waals surface area (Å²) in [4.78, 5) is 22.8. The van der Waals surface area contributed by atoms with Crippen molar-refractivity contribution in [2.75, 3.05) is 7.11 Å². The second-order valence-electron chi connectivity index (χ2n) is 4.68. The third-order valence-corrected chi connectivity index (χ3v) is 3.53. The lowest BCUT2D eigenvalue weighted by molar-refractivity contribution is -0.145. The van der Waals surface area contributed by atoms with Crippen LogP contribution in [0.4, 0.5) is 0 Å². The van der Waals surface area contributed by atoms with Crippen LogP contribution in [0, 0.1) is 17.8 Å². The van der Waals surface area contributed by atoms with E-state index in [2.05, 4.69) is 10.1 Å². The monoisotopic (exact) mass is 211 g/mol. The maximum Gasteiger partial charge on any atom is 0.328 e. The Bertz CT molecular complexity index is 280. The van der Waals surface area contributed by atoms with Gasteiger partial charge in [-0.1, -0.05) is 0 Å². The van der Waals surface area contributed by atoms with Crippen molar-refractivity contribution in [1.82, 2.24) is 5.32 Å². The fourth-order valence-electron chi connectivity index (χ4n) is 2.50. The number of hydrogen-bond donors (Lipinski definition) is 1. The molecular formula is C11H17NO3. The van der Waals surface area contributed by atoms with Gasteiger partial charge in [0.1, 0.15) is 6.04 Å². The average Bonchev–Trinajstić information content (AvgIpc) is 2.84. The molecule has 2 fully saturated rings. The molecule has 0 spiro atoms. The molecule has 0 radical (unpaired) electrons. The fourth-order valence-corrected chi connectivity index (χ4v) is 2.50. The van der Waals surface area contributed by atoms with Crippen LogP contribution in [0.15, 0.2) is 0 Å². The van der Waals surface area contributed by atoms with Gasteiger partial charge < -0.3 is 10.1 Å². The minimum atomic E-state index is -0.528. The summed E-state index contributed by atoms with van der Waals surface area (Å²) >= 11 is 0. The van der Waals surface area contributed by atoms with Crippen LogP contribution in [0.5, 0.6) is 0 Å². The topological polar surface area (TPSA) is 55.4 Å². The first-order valence-electron chi connectivity index (χ1n) is 5.50. The molecule has 0 aliphatic heterocycles. The van der Waals surface area contributed by atoms with Crippen molar-refractivity contribution in [3.8, 4) is 0 Å². The van der Waals surface area contributed by atoms with Gasteiger partial charge in [-0.05, 0) is 38.0 Å². The summed E-state index contributed by atoms with van der Waals surface area (Å²) in [6, 6.07) is -0.528. The van der Waals surface area contributed by atoms with E-state index in [-0.39, 0.29) is 17.8 Å². The van der Waals surface area contributed by atoms with Crippen LogP contribution in [0.2, 0.25) is 0 Å². The number of ether oxygens (including phenoxy) is 1. The molecule has 0 aromatic rings. The molecule has 2 aliphatic carbocycles.